The first-order valence-electron chi connectivity index (χ1n) is 24.3. The van der Waals surface area contributed by atoms with Crippen molar-refractivity contribution in [2.75, 3.05) is 4.90 Å². The minimum Gasteiger partial charge on any atom is -0.455 e. The quantitative estimate of drug-likeness (QED) is 0.142. The Balaban J connectivity index is 0.919. The van der Waals surface area contributed by atoms with Crippen LogP contribution in [-0.4, -0.2) is 4.57 Å². The van der Waals surface area contributed by atoms with Gasteiger partial charge in [0.05, 0.1) is 22.4 Å². The number of fused-ring (bicyclic) bond motifs is 9. The lowest BCUT2D eigenvalue weighted by atomic mass is 9.93. The second-order valence-corrected chi connectivity index (χ2v) is 18.4. The first kappa shape index (κ1) is 40.6. The van der Waals surface area contributed by atoms with Crippen LogP contribution in [0.15, 0.2) is 271 Å². The summed E-state index contributed by atoms with van der Waals surface area (Å²) in [6.45, 7) is 0. The number of hydrogen-bond donors (Lipinski definition) is 0. The number of hydrogen-bond acceptors (Lipinski definition) is 2. The predicted octanol–water partition coefficient (Wildman–Crippen LogP) is 19.1. The van der Waals surface area contributed by atoms with E-state index in [4.69, 9.17) is 4.42 Å². The lowest BCUT2D eigenvalue weighted by Gasteiger charge is -2.28. The summed E-state index contributed by atoms with van der Waals surface area (Å²) in [7, 11) is 0. The zero-order valence-electron chi connectivity index (χ0n) is 38.7. The number of aromatic nitrogens is 1. The second-order valence-electron chi connectivity index (χ2n) is 18.4. The molecule has 0 aliphatic carbocycles. The Hall–Kier alpha value is -9.44. The number of furan rings is 1. The summed E-state index contributed by atoms with van der Waals surface area (Å²) in [5, 5.41) is 9.71. The number of para-hydroxylation sites is 6. The Morgan fingerprint density at radius 3 is 1.68 bits per heavy atom. The Bertz CT molecular complexity index is 4310. The van der Waals surface area contributed by atoms with Gasteiger partial charge in [0.2, 0.25) is 0 Å². The van der Waals surface area contributed by atoms with E-state index in [1.807, 2.05) is 6.07 Å². The van der Waals surface area contributed by atoms with Crippen molar-refractivity contribution in [3.8, 4) is 50.2 Å². The van der Waals surface area contributed by atoms with Crippen molar-refractivity contribution in [2.24, 2.45) is 0 Å². The van der Waals surface area contributed by atoms with Crippen LogP contribution < -0.4 is 4.90 Å². The lowest BCUT2D eigenvalue weighted by molar-refractivity contribution is 0.670. The Kier molecular flexibility index (Phi) is 9.53. The average Bonchev–Trinajstić information content (AvgIpc) is 3.99. The molecule has 0 spiro atoms. The summed E-state index contributed by atoms with van der Waals surface area (Å²) in [4.78, 5) is 2.41. The monoisotopic (exact) mass is 904 g/mol. The third kappa shape index (κ3) is 6.74. The van der Waals surface area contributed by atoms with Gasteiger partial charge in [-0.2, -0.15) is 0 Å². The molecule has 0 N–H and O–H groups in total. The molecule has 0 radical (unpaired) electrons. The maximum Gasteiger partial charge on any atom is 0.143 e. The fraction of sp³-hybridized carbons (Fsp3) is 0. The molecule has 0 unspecified atom stereocenters. The molecule has 0 saturated carbocycles. The standard InChI is InChI=1S/C68H44N2O/c1-2-20-52-45(17-1)35-36-48-43-49(39-42-54(48)52)55-22-5-10-30-63(55)69(51-19-15-18-47(44-51)56-28-16-29-62-61-27-9-14-34-67(61)71-68(56)62)50-40-37-46(38-41-50)53-21-3-4-23-57(53)58-24-6-11-31-64(58)70-65-32-12-7-25-59(65)60-26-8-13-33-66(60)70/h1-44H. The fourth-order valence-corrected chi connectivity index (χ4v) is 11.1. The Labute approximate surface area is 411 Å². The molecule has 0 aliphatic heterocycles. The van der Waals surface area contributed by atoms with Crippen LogP contribution in [0.3, 0.4) is 0 Å². The maximum absolute atomic E-state index is 6.59. The largest absolute Gasteiger partial charge is 0.455 e. The number of rotatable bonds is 8. The minimum absolute atomic E-state index is 0.891. The molecule has 3 heteroatoms. The van der Waals surface area contributed by atoms with Gasteiger partial charge in [0, 0.05) is 49.6 Å². The van der Waals surface area contributed by atoms with E-state index < -0.39 is 0 Å². The van der Waals surface area contributed by atoms with Gasteiger partial charge in [0.25, 0.3) is 0 Å². The summed E-state index contributed by atoms with van der Waals surface area (Å²) in [6.07, 6.45) is 0. The van der Waals surface area contributed by atoms with E-state index in [2.05, 4.69) is 270 Å². The van der Waals surface area contributed by atoms with Gasteiger partial charge in [-0.3, -0.25) is 0 Å². The van der Waals surface area contributed by atoms with Gasteiger partial charge in [-0.05, 0) is 110 Å². The van der Waals surface area contributed by atoms with E-state index in [1.54, 1.807) is 0 Å². The van der Waals surface area contributed by atoms with Crippen LogP contribution in [0.1, 0.15) is 0 Å². The highest BCUT2D eigenvalue weighted by atomic mass is 16.3. The SMILES string of the molecule is c1cc(-c2cccc3c2oc2ccccc23)cc(N(c2ccc(-c3ccccc3-c3ccccc3-n3c4ccccc4c4ccccc43)cc2)c2ccccc2-c2ccc3c(ccc4ccccc43)c2)c1. The zero-order chi connectivity index (χ0) is 46.8. The van der Waals surface area contributed by atoms with E-state index in [9.17, 15) is 0 Å². The first-order valence-corrected chi connectivity index (χ1v) is 24.3. The van der Waals surface area contributed by atoms with Crippen LogP contribution in [0.4, 0.5) is 17.1 Å². The van der Waals surface area contributed by atoms with Gasteiger partial charge < -0.3 is 13.9 Å². The predicted molar refractivity (Wildman–Crippen MR) is 299 cm³/mol. The molecular weight excluding hydrogens is 861 g/mol. The lowest BCUT2D eigenvalue weighted by Crippen LogP contribution is -2.11. The third-order valence-electron chi connectivity index (χ3n) is 14.4. The molecule has 2 heterocycles. The molecule has 0 bridgehead atoms. The molecule has 0 amide bonds. The zero-order valence-corrected chi connectivity index (χ0v) is 38.7. The van der Waals surface area contributed by atoms with Gasteiger partial charge in [-0.25, -0.2) is 0 Å². The Morgan fingerprint density at radius 1 is 0.296 bits per heavy atom. The van der Waals surface area contributed by atoms with E-state index in [0.717, 1.165) is 72.5 Å². The van der Waals surface area contributed by atoms with Crippen molar-refractivity contribution >= 4 is 82.4 Å². The highest BCUT2D eigenvalue weighted by molar-refractivity contribution is 6.12. The number of benzene rings is 12. The third-order valence-corrected chi connectivity index (χ3v) is 14.4. The summed E-state index contributed by atoms with van der Waals surface area (Å²) in [5.74, 6) is 0. The van der Waals surface area contributed by atoms with Crippen molar-refractivity contribution in [1.29, 1.82) is 0 Å². The van der Waals surface area contributed by atoms with Crippen molar-refractivity contribution in [3.63, 3.8) is 0 Å². The van der Waals surface area contributed by atoms with Crippen LogP contribution in [0.25, 0.3) is 115 Å². The summed E-state index contributed by atoms with van der Waals surface area (Å²) in [6, 6.07) is 96.8. The van der Waals surface area contributed by atoms with E-state index in [-0.39, 0.29) is 0 Å². The molecule has 0 atom stereocenters. The van der Waals surface area contributed by atoms with Crippen LogP contribution in [0.5, 0.6) is 0 Å². The topological polar surface area (TPSA) is 21.3 Å². The number of anilines is 3. The molecule has 332 valence electrons. The molecule has 71 heavy (non-hydrogen) atoms. The van der Waals surface area contributed by atoms with E-state index >= 15 is 0 Å². The van der Waals surface area contributed by atoms with Crippen molar-refractivity contribution in [1.82, 2.24) is 4.57 Å². The maximum atomic E-state index is 6.59. The van der Waals surface area contributed by atoms with Gasteiger partial charge in [-0.1, -0.05) is 206 Å². The van der Waals surface area contributed by atoms with Crippen molar-refractivity contribution < 1.29 is 4.42 Å². The van der Waals surface area contributed by atoms with Crippen molar-refractivity contribution in [3.05, 3.63) is 267 Å². The molecular formula is C68H44N2O. The van der Waals surface area contributed by atoms with Gasteiger partial charge in [0.15, 0.2) is 0 Å². The highest BCUT2D eigenvalue weighted by Crippen LogP contribution is 2.46. The van der Waals surface area contributed by atoms with Crippen molar-refractivity contribution in [2.45, 2.75) is 0 Å². The summed E-state index contributed by atoms with van der Waals surface area (Å²) < 4.78 is 9.02. The van der Waals surface area contributed by atoms with Crippen LogP contribution in [0, 0.1) is 0 Å². The van der Waals surface area contributed by atoms with Crippen LogP contribution >= 0.6 is 0 Å². The molecule has 0 saturated heterocycles. The minimum atomic E-state index is 0.891. The highest BCUT2D eigenvalue weighted by Gasteiger charge is 2.21. The molecule has 0 fully saturated rings. The van der Waals surface area contributed by atoms with E-state index in [0.29, 0.717) is 0 Å². The van der Waals surface area contributed by atoms with Gasteiger partial charge in [-0.15, -0.1) is 0 Å². The molecule has 2 aromatic heterocycles. The Morgan fingerprint density at radius 2 is 0.859 bits per heavy atom. The first-order chi connectivity index (χ1) is 35.2. The van der Waals surface area contributed by atoms with Crippen LogP contribution in [0.2, 0.25) is 0 Å². The normalized spacial score (nSPS) is 11.7. The van der Waals surface area contributed by atoms with Gasteiger partial charge in [0.1, 0.15) is 11.2 Å². The summed E-state index contributed by atoms with van der Waals surface area (Å²) in [5.41, 5.74) is 17.6. The molecule has 14 aromatic rings. The molecule has 12 aromatic carbocycles. The number of nitrogens with zero attached hydrogens (tertiary/aromatic N) is 2. The molecule has 3 nitrogen and oxygen atoms in total. The van der Waals surface area contributed by atoms with Gasteiger partial charge >= 0.3 is 0 Å². The average molecular weight is 905 g/mol. The van der Waals surface area contributed by atoms with E-state index in [1.165, 1.54) is 60.0 Å². The summed E-state index contributed by atoms with van der Waals surface area (Å²) >= 11 is 0. The van der Waals surface area contributed by atoms with Crippen LogP contribution in [-0.2, 0) is 0 Å². The fourth-order valence-electron chi connectivity index (χ4n) is 11.1. The smallest absolute Gasteiger partial charge is 0.143 e. The molecule has 0 aliphatic rings. The second kappa shape index (κ2) is 16.7. The molecule has 14 rings (SSSR count).